The molecule has 10 heteroatoms. The van der Waals surface area contributed by atoms with Crippen LogP contribution in [0, 0.1) is 10.1 Å². The van der Waals surface area contributed by atoms with Gasteiger partial charge in [0.25, 0.3) is 5.69 Å². The van der Waals surface area contributed by atoms with Gasteiger partial charge in [0.15, 0.2) is 0 Å². The van der Waals surface area contributed by atoms with Gasteiger partial charge in [-0.3, -0.25) is 10.1 Å². The van der Waals surface area contributed by atoms with E-state index in [1.807, 2.05) is 60.7 Å². The first-order chi connectivity index (χ1) is 15.3. The molecule has 0 aliphatic carbocycles. The van der Waals surface area contributed by atoms with E-state index >= 15 is 0 Å². The molecule has 0 saturated heterocycles. The van der Waals surface area contributed by atoms with Crippen molar-refractivity contribution in [3.63, 3.8) is 0 Å². The molecular weight excluding hydrogens is 450 g/mol. The van der Waals surface area contributed by atoms with Crippen molar-refractivity contribution in [2.75, 3.05) is 17.6 Å². The highest BCUT2D eigenvalue weighted by molar-refractivity contribution is 7.99. The van der Waals surface area contributed by atoms with Crippen molar-refractivity contribution in [1.82, 2.24) is 0 Å². The van der Waals surface area contributed by atoms with Crippen LogP contribution in [0.15, 0.2) is 88.7 Å². The summed E-state index contributed by atoms with van der Waals surface area (Å²) in [6, 6.07) is 23.1. The minimum absolute atomic E-state index is 0.195. The average molecular weight is 474 g/mol. The second-order valence-electron chi connectivity index (χ2n) is 6.90. The Bertz CT molecular complexity index is 1100. The number of nitro groups is 1. The van der Waals surface area contributed by atoms with Crippen LogP contribution in [-0.2, 0) is 21.4 Å². The number of nitrogens with one attached hydrogen (secondary N) is 1. The van der Waals surface area contributed by atoms with Gasteiger partial charge in [0.2, 0.25) is 10.0 Å². The number of hydrogen-bond acceptors (Lipinski definition) is 7. The van der Waals surface area contributed by atoms with Crippen LogP contribution in [0.5, 0.6) is 0 Å². The van der Waals surface area contributed by atoms with Gasteiger partial charge in [-0.15, -0.1) is 11.8 Å². The lowest BCUT2D eigenvalue weighted by molar-refractivity contribution is -0.384. The fourth-order valence-corrected chi connectivity index (χ4v) is 4.35. The predicted molar refractivity (Wildman–Crippen MR) is 125 cm³/mol. The first-order valence-corrected chi connectivity index (χ1v) is 12.2. The smallest absolute Gasteiger partial charge is 0.293 e. The molecule has 0 aliphatic heterocycles. The van der Waals surface area contributed by atoms with E-state index < -0.39 is 14.9 Å². The number of ether oxygens (including phenoxy) is 1. The van der Waals surface area contributed by atoms with Crippen molar-refractivity contribution in [3.05, 3.63) is 94.5 Å². The number of rotatable bonds is 11. The highest BCUT2D eigenvalue weighted by atomic mass is 32.2. The average Bonchev–Trinajstić information content (AvgIpc) is 2.79. The fraction of sp³-hybridized carbons (Fsp3) is 0.182. The summed E-state index contributed by atoms with van der Waals surface area (Å²) in [6.07, 6.45) is -0.266. The van der Waals surface area contributed by atoms with E-state index in [1.54, 1.807) is 11.8 Å². The largest absolute Gasteiger partial charge is 0.377 e. The third-order valence-electron chi connectivity index (χ3n) is 4.52. The summed E-state index contributed by atoms with van der Waals surface area (Å²) in [4.78, 5) is 11.6. The van der Waals surface area contributed by atoms with E-state index in [-0.39, 0.29) is 22.4 Å². The number of nitrogens with zero attached hydrogens (tertiary/aromatic N) is 1. The second-order valence-corrected chi connectivity index (χ2v) is 9.56. The maximum Gasteiger partial charge on any atom is 0.293 e. The van der Waals surface area contributed by atoms with Crippen molar-refractivity contribution < 1.29 is 18.1 Å². The van der Waals surface area contributed by atoms with Gasteiger partial charge in [-0.05, 0) is 29.8 Å². The first kappa shape index (κ1) is 23.7. The van der Waals surface area contributed by atoms with E-state index in [9.17, 15) is 18.5 Å². The van der Waals surface area contributed by atoms with E-state index in [2.05, 4.69) is 5.32 Å². The Morgan fingerprint density at radius 2 is 1.69 bits per heavy atom. The lowest BCUT2D eigenvalue weighted by atomic mass is 10.2. The topological polar surface area (TPSA) is 125 Å². The molecule has 0 fully saturated rings. The molecule has 1 atom stereocenters. The number of anilines is 1. The zero-order chi connectivity index (χ0) is 23.0. The number of nitrogens with two attached hydrogens (primary N) is 1. The van der Waals surface area contributed by atoms with Crippen LogP contribution in [0.3, 0.4) is 0 Å². The number of nitro benzene ring substituents is 1. The van der Waals surface area contributed by atoms with Crippen molar-refractivity contribution in [1.29, 1.82) is 0 Å². The molecular formula is C22H23N3O5S2. The van der Waals surface area contributed by atoms with Gasteiger partial charge in [0.1, 0.15) is 5.69 Å². The van der Waals surface area contributed by atoms with Crippen LogP contribution in [0.25, 0.3) is 0 Å². The van der Waals surface area contributed by atoms with Gasteiger partial charge >= 0.3 is 0 Å². The van der Waals surface area contributed by atoms with Gasteiger partial charge in [0, 0.05) is 23.3 Å². The standard InChI is InChI=1S/C22H23N3O5S2/c23-32(28,29)20-11-12-21(22(13-20)25(26)27)24-14-18(16-31-19-9-5-2-6-10-19)30-15-17-7-3-1-4-8-17/h1-13,18,24H,14-16H2,(H2,23,28,29). The zero-order valence-electron chi connectivity index (χ0n) is 17.1. The van der Waals surface area contributed by atoms with Crippen LogP contribution < -0.4 is 10.5 Å². The number of hydrogen-bond donors (Lipinski definition) is 2. The number of primary sulfonamides is 1. The molecule has 3 aromatic carbocycles. The van der Waals surface area contributed by atoms with E-state index in [4.69, 9.17) is 9.88 Å². The first-order valence-electron chi connectivity index (χ1n) is 9.71. The van der Waals surface area contributed by atoms with Gasteiger partial charge in [-0.25, -0.2) is 13.6 Å². The minimum atomic E-state index is -4.05. The molecule has 0 aromatic heterocycles. The summed E-state index contributed by atoms with van der Waals surface area (Å²) < 4.78 is 29.2. The minimum Gasteiger partial charge on any atom is -0.377 e. The normalized spacial score (nSPS) is 12.3. The van der Waals surface area contributed by atoms with Crippen LogP contribution in [0.2, 0.25) is 0 Å². The molecule has 3 rings (SSSR count). The highest BCUT2D eigenvalue weighted by Gasteiger charge is 2.20. The third kappa shape index (κ3) is 7.06. The number of benzene rings is 3. The Labute approximate surface area is 191 Å². The summed E-state index contributed by atoms with van der Waals surface area (Å²) in [5, 5.41) is 19.6. The van der Waals surface area contributed by atoms with Crippen LogP contribution >= 0.6 is 11.8 Å². The Hall–Kier alpha value is -2.92. The summed E-state index contributed by atoms with van der Waals surface area (Å²) in [5.41, 5.74) is 0.847. The van der Waals surface area contributed by atoms with Crippen molar-refractivity contribution in [2.45, 2.75) is 22.5 Å². The molecule has 0 amide bonds. The Balaban J connectivity index is 1.72. The molecule has 3 aromatic rings. The van der Waals surface area contributed by atoms with Crippen LogP contribution in [0.1, 0.15) is 5.56 Å². The molecule has 168 valence electrons. The van der Waals surface area contributed by atoms with Crippen LogP contribution in [-0.4, -0.2) is 31.7 Å². The number of thioether (sulfide) groups is 1. The van der Waals surface area contributed by atoms with Gasteiger partial charge in [-0.2, -0.15) is 0 Å². The molecule has 0 aliphatic rings. The third-order valence-corrected chi connectivity index (χ3v) is 6.58. The Morgan fingerprint density at radius 1 is 1.03 bits per heavy atom. The summed E-state index contributed by atoms with van der Waals surface area (Å²) in [7, 11) is -4.05. The van der Waals surface area contributed by atoms with Crippen molar-refractivity contribution >= 4 is 33.2 Å². The molecule has 3 N–H and O–H groups in total. The van der Waals surface area contributed by atoms with Crippen LogP contribution in [0.4, 0.5) is 11.4 Å². The summed E-state index contributed by atoms with van der Waals surface area (Å²) in [6.45, 7) is 0.692. The zero-order valence-corrected chi connectivity index (χ0v) is 18.7. The predicted octanol–water partition coefficient (Wildman–Crippen LogP) is 4.03. The lowest BCUT2D eigenvalue weighted by Crippen LogP contribution is -2.26. The van der Waals surface area contributed by atoms with Gasteiger partial charge < -0.3 is 10.1 Å². The van der Waals surface area contributed by atoms with Gasteiger partial charge in [0.05, 0.1) is 22.5 Å². The van der Waals surface area contributed by atoms with E-state index in [0.29, 0.717) is 18.9 Å². The molecule has 0 heterocycles. The molecule has 0 radical (unpaired) electrons. The fourth-order valence-electron chi connectivity index (χ4n) is 2.87. The number of sulfonamides is 1. The maximum atomic E-state index is 11.5. The lowest BCUT2D eigenvalue weighted by Gasteiger charge is -2.19. The van der Waals surface area contributed by atoms with Gasteiger partial charge in [-0.1, -0.05) is 48.5 Å². The molecule has 0 saturated carbocycles. The SMILES string of the molecule is NS(=O)(=O)c1ccc(NCC(CSc2ccccc2)OCc2ccccc2)c([N+](=O)[O-])c1. The van der Waals surface area contributed by atoms with Crippen molar-refractivity contribution in [2.24, 2.45) is 5.14 Å². The molecule has 8 nitrogen and oxygen atoms in total. The molecule has 32 heavy (non-hydrogen) atoms. The van der Waals surface area contributed by atoms with E-state index in [1.165, 1.54) is 12.1 Å². The summed E-state index contributed by atoms with van der Waals surface area (Å²) in [5.74, 6) is 0.618. The Kier molecular flexibility index (Phi) is 8.23. The highest BCUT2D eigenvalue weighted by Crippen LogP contribution is 2.28. The molecule has 0 spiro atoms. The molecule has 0 bridgehead atoms. The molecule has 1 unspecified atom stereocenters. The quantitative estimate of drug-likeness (QED) is 0.245. The second kappa shape index (κ2) is 11.1. The van der Waals surface area contributed by atoms with Crippen molar-refractivity contribution in [3.8, 4) is 0 Å². The Morgan fingerprint density at radius 3 is 2.31 bits per heavy atom. The van der Waals surface area contributed by atoms with E-state index in [0.717, 1.165) is 16.5 Å². The monoisotopic (exact) mass is 473 g/mol. The summed E-state index contributed by atoms with van der Waals surface area (Å²) >= 11 is 1.62. The maximum absolute atomic E-state index is 11.5.